The van der Waals surface area contributed by atoms with Crippen LogP contribution in [0.2, 0.25) is 0 Å². The highest BCUT2D eigenvalue weighted by atomic mass is 19.3. The first-order chi connectivity index (χ1) is 14.7. The van der Waals surface area contributed by atoms with Crippen molar-refractivity contribution in [3.63, 3.8) is 0 Å². The molecule has 3 aliphatic carbocycles. The highest BCUT2D eigenvalue weighted by Crippen LogP contribution is 2.59. The van der Waals surface area contributed by atoms with Crippen LogP contribution in [0.25, 0.3) is 0 Å². The molecule has 3 nitrogen and oxygen atoms in total. The molecule has 0 aromatic heterocycles. The van der Waals surface area contributed by atoms with Crippen molar-refractivity contribution in [2.45, 2.75) is 90.3 Å². The molecule has 0 aromatic rings. The van der Waals surface area contributed by atoms with Gasteiger partial charge in [0.05, 0.1) is 12.2 Å². The Morgan fingerprint density at radius 1 is 1.13 bits per heavy atom. The van der Waals surface area contributed by atoms with Gasteiger partial charge < -0.3 is 15.1 Å². The number of halogens is 2. The maximum atomic E-state index is 12.6. The molecule has 176 valence electrons. The first-order valence-corrected chi connectivity index (χ1v) is 12.5. The van der Waals surface area contributed by atoms with Crippen molar-refractivity contribution in [3.05, 3.63) is 23.3 Å². The van der Waals surface area contributed by atoms with E-state index in [9.17, 15) is 19.0 Å². The first-order valence-electron chi connectivity index (χ1n) is 12.5. The van der Waals surface area contributed by atoms with Gasteiger partial charge in [-0.25, -0.2) is 8.78 Å². The van der Waals surface area contributed by atoms with E-state index in [1.807, 2.05) is 0 Å². The number of aliphatic hydroxyl groups is 2. The SMILES string of the molecule is CC(CN1CC(CC(F)F)C1)[C@H]1CC[C@H]2/C(=C/C=C3C[C@@H](O)C[C@H](O)C3)CCC[C@]12C. The van der Waals surface area contributed by atoms with Crippen LogP contribution in [-0.4, -0.2) is 53.4 Å². The average Bonchev–Trinajstić information content (AvgIpc) is 3.01. The van der Waals surface area contributed by atoms with Gasteiger partial charge in [-0.2, -0.15) is 0 Å². The van der Waals surface area contributed by atoms with Crippen LogP contribution in [0, 0.1) is 29.1 Å². The van der Waals surface area contributed by atoms with Crippen LogP contribution in [0.5, 0.6) is 0 Å². The zero-order chi connectivity index (χ0) is 22.2. The Morgan fingerprint density at radius 2 is 1.84 bits per heavy atom. The summed E-state index contributed by atoms with van der Waals surface area (Å²) in [6, 6.07) is 0. The van der Waals surface area contributed by atoms with Crippen molar-refractivity contribution in [2.24, 2.45) is 29.1 Å². The fourth-order valence-electron chi connectivity index (χ4n) is 7.51. The largest absolute Gasteiger partial charge is 0.393 e. The number of fused-ring (bicyclic) bond motifs is 1. The molecule has 4 aliphatic rings. The number of likely N-dealkylation sites (tertiary alicyclic amines) is 1. The summed E-state index contributed by atoms with van der Waals surface area (Å²) in [7, 11) is 0. The van der Waals surface area contributed by atoms with Gasteiger partial charge in [-0.15, -0.1) is 0 Å². The summed E-state index contributed by atoms with van der Waals surface area (Å²) >= 11 is 0. The van der Waals surface area contributed by atoms with Crippen LogP contribution < -0.4 is 0 Å². The van der Waals surface area contributed by atoms with Gasteiger partial charge in [0.15, 0.2) is 0 Å². The predicted molar refractivity (Wildman–Crippen MR) is 120 cm³/mol. The summed E-state index contributed by atoms with van der Waals surface area (Å²) < 4.78 is 25.2. The topological polar surface area (TPSA) is 43.7 Å². The molecule has 1 heterocycles. The van der Waals surface area contributed by atoms with Crippen molar-refractivity contribution >= 4 is 0 Å². The molecular formula is C26H41F2NO2. The molecule has 3 saturated carbocycles. The third kappa shape index (κ3) is 5.25. The van der Waals surface area contributed by atoms with Crippen molar-refractivity contribution in [2.75, 3.05) is 19.6 Å². The van der Waals surface area contributed by atoms with Crippen molar-refractivity contribution < 1.29 is 19.0 Å². The molecule has 31 heavy (non-hydrogen) atoms. The van der Waals surface area contributed by atoms with Gasteiger partial charge in [-0.05, 0) is 80.5 Å². The lowest BCUT2D eigenvalue weighted by Crippen LogP contribution is -2.50. The van der Waals surface area contributed by atoms with Gasteiger partial charge in [0.2, 0.25) is 6.43 Å². The first kappa shape index (κ1) is 23.4. The molecule has 1 saturated heterocycles. The zero-order valence-corrected chi connectivity index (χ0v) is 19.3. The number of allylic oxidation sites excluding steroid dienone is 3. The second-order valence-electron chi connectivity index (χ2n) is 11.3. The Hall–Kier alpha value is -0.780. The smallest absolute Gasteiger partial charge is 0.239 e. The van der Waals surface area contributed by atoms with E-state index in [2.05, 4.69) is 30.9 Å². The predicted octanol–water partition coefficient (Wildman–Crippen LogP) is 5.18. The van der Waals surface area contributed by atoms with E-state index in [0.717, 1.165) is 26.1 Å². The molecule has 0 aromatic carbocycles. The standard InChI is InChI=1S/C26H41F2NO2/c1-17(14-29-15-19(16-29)12-25(27)28)23-7-8-24-20(4-3-9-26(23,24)2)6-5-18-10-21(30)13-22(31)11-18/h5-6,17,19,21-25,30-31H,3-4,7-16H2,1-2H3/b20-6+/t17?,21-,22-,23-,24+,26-/m1/s1. The van der Waals surface area contributed by atoms with Gasteiger partial charge in [0.1, 0.15) is 0 Å². The van der Waals surface area contributed by atoms with E-state index < -0.39 is 18.6 Å². The highest BCUT2D eigenvalue weighted by Gasteiger charge is 2.51. The molecular weight excluding hydrogens is 396 g/mol. The van der Waals surface area contributed by atoms with Crippen LogP contribution in [0.4, 0.5) is 8.78 Å². The second kappa shape index (κ2) is 9.61. The number of nitrogens with zero attached hydrogens (tertiary/aromatic N) is 1. The minimum atomic E-state index is -2.17. The Morgan fingerprint density at radius 3 is 2.52 bits per heavy atom. The molecule has 0 amide bonds. The normalized spacial score (nSPS) is 39.6. The zero-order valence-electron chi connectivity index (χ0n) is 19.3. The molecule has 4 fully saturated rings. The number of rotatable bonds is 6. The molecule has 5 heteroatoms. The van der Waals surface area contributed by atoms with E-state index in [1.54, 1.807) is 5.57 Å². The lowest BCUT2D eigenvalue weighted by molar-refractivity contribution is 0.00986. The van der Waals surface area contributed by atoms with Crippen LogP contribution in [-0.2, 0) is 0 Å². The Bertz CT molecular complexity index is 675. The average molecular weight is 438 g/mol. The van der Waals surface area contributed by atoms with Gasteiger partial charge in [-0.1, -0.05) is 37.1 Å². The molecule has 1 unspecified atom stereocenters. The van der Waals surface area contributed by atoms with Gasteiger partial charge in [0, 0.05) is 26.1 Å². The molecule has 1 aliphatic heterocycles. The van der Waals surface area contributed by atoms with Gasteiger partial charge in [-0.3, -0.25) is 0 Å². The summed E-state index contributed by atoms with van der Waals surface area (Å²) in [5.41, 5.74) is 3.07. The fourth-order valence-corrected chi connectivity index (χ4v) is 7.51. The Balaban J connectivity index is 1.37. The molecule has 2 N–H and O–H groups in total. The van der Waals surface area contributed by atoms with Crippen LogP contribution >= 0.6 is 0 Å². The maximum Gasteiger partial charge on any atom is 0.239 e. The minimum absolute atomic E-state index is 0.0613. The summed E-state index contributed by atoms with van der Waals surface area (Å²) in [4.78, 5) is 2.39. The number of hydrogen-bond acceptors (Lipinski definition) is 3. The van der Waals surface area contributed by atoms with Crippen LogP contribution in [0.3, 0.4) is 0 Å². The Kier molecular flexibility index (Phi) is 7.24. The quantitative estimate of drug-likeness (QED) is 0.601. The van der Waals surface area contributed by atoms with E-state index in [1.165, 1.54) is 31.3 Å². The summed E-state index contributed by atoms with van der Waals surface area (Å²) in [5.74, 6) is 2.12. The monoisotopic (exact) mass is 437 g/mol. The molecule has 0 radical (unpaired) electrons. The lowest BCUT2D eigenvalue weighted by Gasteiger charge is -2.47. The summed E-state index contributed by atoms with van der Waals surface area (Å²) in [5, 5.41) is 19.9. The minimum Gasteiger partial charge on any atom is -0.393 e. The number of hydrogen-bond donors (Lipinski definition) is 2. The maximum absolute atomic E-state index is 12.6. The van der Waals surface area contributed by atoms with E-state index in [4.69, 9.17) is 0 Å². The third-order valence-electron chi connectivity index (χ3n) is 8.89. The van der Waals surface area contributed by atoms with E-state index in [0.29, 0.717) is 42.4 Å². The summed E-state index contributed by atoms with van der Waals surface area (Å²) in [6.07, 6.45) is 9.64. The Labute approximate surface area is 186 Å². The van der Waals surface area contributed by atoms with Crippen LogP contribution in [0.15, 0.2) is 23.3 Å². The van der Waals surface area contributed by atoms with E-state index in [-0.39, 0.29) is 12.3 Å². The lowest BCUT2D eigenvalue weighted by atomic mass is 9.61. The number of aliphatic hydroxyl groups excluding tert-OH is 2. The molecule has 6 atom stereocenters. The van der Waals surface area contributed by atoms with Crippen molar-refractivity contribution in [1.82, 2.24) is 4.90 Å². The van der Waals surface area contributed by atoms with Crippen molar-refractivity contribution in [1.29, 1.82) is 0 Å². The second-order valence-corrected chi connectivity index (χ2v) is 11.3. The van der Waals surface area contributed by atoms with Gasteiger partial charge >= 0.3 is 0 Å². The molecule has 0 bridgehead atoms. The molecule has 0 spiro atoms. The number of alkyl halides is 2. The van der Waals surface area contributed by atoms with Crippen LogP contribution in [0.1, 0.15) is 71.6 Å². The highest BCUT2D eigenvalue weighted by molar-refractivity contribution is 5.26. The molecule has 4 rings (SSSR count). The van der Waals surface area contributed by atoms with Crippen molar-refractivity contribution in [3.8, 4) is 0 Å². The third-order valence-corrected chi connectivity index (χ3v) is 8.89. The van der Waals surface area contributed by atoms with Gasteiger partial charge in [0.25, 0.3) is 0 Å². The van der Waals surface area contributed by atoms with E-state index >= 15 is 0 Å². The fraction of sp³-hybridized carbons (Fsp3) is 0.846. The summed E-state index contributed by atoms with van der Waals surface area (Å²) in [6.45, 7) is 7.61.